The predicted molar refractivity (Wildman–Crippen MR) is 79.8 cm³/mol. The molecule has 4 rings (SSSR count). The molecule has 2 heterocycles. The van der Waals surface area contributed by atoms with Crippen molar-refractivity contribution >= 4 is 5.97 Å². The summed E-state index contributed by atoms with van der Waals surface area (Å²) in [6.45, 7) is 5.81. The highest BCUT2D eigenvalue weighted by Gasteiger charge is 2.63. The van der Waals surface area contributed by atoms with Crippen molar-refractivity contribution in [3.8, 4) is 0 Å². The van der Waals surface area contributed by atoms with Gasteiger partial charge in [-0.1, -0.05) is 13.8 Å². The van der Waals surface area contributed by atoms with Gasteiger partial charge in [-0.05, 0) is 37.0 Å². The van der Waals surface area contributed by atoms with Crippen LogP contribution in [0.15, 0.2) is 0 Å². The number of carbonyl (C=O) groups excluding carboxylic acids is 1. The Kier molecular flexibility index (Phi) is 3.34. The largest absolute Gasteiger partial charge is 0.462 e. The molecule has 4 fully saturated rings. The van der Waals surface area contributed by atoms with E-state index in [1.807, 2.05) is 0 Å². The summed E-state index contributed by atoms with van der Waals surface area (Å²) in [7, 11) is 0. The van der Waals surface area contributed by atoms with Crippen LogP contribution in [0, 0.1) is 22.7 Å². The number of esters is 1. The average Bonchev–Trinajstić information content (AvgIpc) is 2.88. The van der Waals surface area contributed by atoms with Gasteiger partial charge in [-0.15, -0.1) is 0 Å². The Balaban J connectivity index is 1.63. The van der Waals surface area contributed by atoms with Crippen LogP contribution in [-0.4, -0.2) is 37.6 Å². The molecule has 0 aromatic rings. The minimum atomic E-state index is -0.254. The van der Waals surface area contributed by atoms with E-state index in [0.29, 0.717) is 31.4 Å². The van der Waals surface area contributed by atoms with Crippen LogP contribution in [0.4, 0.5) is 0 Å². The number of fused-ring (bicyclic) bond motifs is 5. The second-order valence-electron chi connectivity index (χ2n) is 8.12. The van der Waals surface area contributed by atoms with E-state index < -0.39 is 0 Å². The van der Waals surface area contributed by atoms with E-state index in [1.54, 1.807) is 0 Å². The Morgan fingerprint density at radius 1 is 1.23 bits per heavy atom. The van der Waals surface area contributed by atoms with Gasteiger partial charge in [0.1, 0.15) is 6.10 Å². The lowest BCUT2D eigenvalue weighted by molar-refractivity contribution is -0.303. The lowest BCUT2D eigenvalue weighted by Crippen LogP contribution is -2.62. The van der Waals surface area contributed by atoms with Crippen LogP contribution < -0.4 is 5.73 Å². The van der Waals surface area contributed by atoms with Crippen molar-refractivity contribution in [1.82, 2.24) is 0 Å². The first kappa shape index (κ1) is 14.9. The van der Waals surface area contributed by atoms with E-state index in [0.717, 1.165) is 25.7 Å². The van der Waals surface area contributed by atoms with Crippen molar-refractivity contribution in [2.45, 2.75) is 64.4 Å². The fourth-order valence-electron chi connectivity index (χ4n) is 5.92. The molecule has 2 aliphatic heterocycles. The normalized spacial score (nSPS) is 54.1. The Bertz CT molecular complexity index is 483. The second kappa shape index (κ2) is 4.92. The van der Waals surface area contributed by atoms with E-state index in [9.17, 15) is 4.79 Å². The van der Waals surface area contributed by atoms with Crippen LogP contribution in [-0.2, 0) is 19.0 Å². The quantitative estimate of drug-likeness (QED) is 0.748. The van der Waals surface area contributed by atoms with Crippen molar-refractivity contribution in [1.29, 1.82) is 0 Å². The molecular weight excluding hydrogens is 282 g/mol. The summed E-state index contributed by atoms with van der Waals surface area (Å²) in [6.07, 6.45) is 4.91. The minimum Gasteiger partial charge on any atom is -0.462 e. The van der Waals surface area contributed by atoms with Gasteiger partial charge in [-0.3, -0.25) is 4.79 Å². The Morgan fingerprint density at radius 2 is 2.05 bits per heavy atom. The number of hydrogen-bond donors (Lipinski definition) is 1. The molecule has 0 bridgehead atoms. The lowest BCUT2D eigenvalue weighted by Gasteiger charge is -2.62. The molecule has 2 N–H and O–H groups in total. The fourth-order valence-corrected chi connectivity index (χ4v) is 5.92. The van der Waals surface area contributed by atoms with Crippen LogP contribution in [0.5, 0.6) is 0 Å². The van der Waals surface area contributed by atoms with Gasteiger partial charge in [0, 0.05) is 17.9 Å². The zero-order valence-electron chi connectivity index (χ0n) is 13.5. The van der Waals surface area contributed by atoms with Gasteiger partial charge in [-0.25, -0.2) is 0 Å². The van der Waals surface area contributed by atoms with Crippen molar-refractivity contribution in [2.24, 2.45) is 28.4 Å². The molecule has 0 amide bonds. The SMILES string of the molecule is C[C@@]12CC[C@H]3O[C@H](CN)OC[C@]3(C)C1CC[C@H]1OC(=O)C[C@H]12. The van der Waals surface area contributed by atoms with Gasteiger partial charge < -0.3 is 19.9 Å². The van der Waals surface area contributed by atoms with Crippen molar-refractivity contribution < 1.29 is 19.0 Å². The molecule has 2 aliphatic carbocycles. The first-order valence-electron chi connectivity index (χ1n) is 8.64. The monoisotopic (exact) mass is 309 g/mol. The summed E-state index contributed by atoms with van der Waals surface area (Å²) in [6, 6.07) is 0. The molecule has 2 saturated heterocycles. The highest BCUT2D eigenvalue weighted by Crippen LogP contribution is 2.63. The van der Waals surface area contributed by atoms with Gasteiger partial charge in [-0.2, -0.15) is 0 Å². The number of carbonyl (C=O) groups is 1. The molecule has 1 unspecified atom stereocenters. The average molecular weight is 309 g/mol. The van der Waals surface area contributed by atoms with Crippen molar-refractivity contribution in [3.05, 3.63) is 0 Å². The molecule has 7 atom stereocenters. The van der Waals surface area contributed by atoms with Gasteiger partial charge in [0.25, 0.3) is 0 Å². The predicted octanol–water partition coefficient (Wildman–Crippen LogP) is 1.83. The standard InChI is InChI=1S/C17H27NO4/c1-16-6-5-13-17(2,9-20-15(8-18)22-13)12(16)4-3-11-10(16)7-14(19)21-11/h10-13,15H,3-9,18H2,1-2H3/t10-,11-,12?,13-,15-,16+,17-/m1/s1. The van der Waals surface area contributed by atoms with Crippen LogP contribution in [0.1, 0.15) is 46.0 Å². The number of ether oxygens (including phenoxy) is 3. The minimum absolute atomic E-state index is 0.0107. The molecule has 0 spiro atoms. The summed E-state index contributed by atoms with van der Waals surface area (Å²) in [4.78, 5) is 11.8. The van der Waals surface area contributed by atoms with Crippen LogP contribution >= 0.6 is 0 Å². The fraction of sp³-hybridized carbons (Fsp3) is 0.941. The molecule has 0 aromatic carbocycles. The van der Waals surface area contributed by atoms with E-state index >= 15 is 0 Å². The van der Waals surface area contributed by atoms with E-state index in [4.69, 9.17) is 19.9 Å². The van der Waals surface area contributed by atoms with Gasteiger partial charge in [0.2, 0.25) is 0 Å². The summed E-state index contributed by atoms with van der Waals surface area (Å²) in [5.74, 6) is 0.875. The van der Waals surface area contributed by atoms with Gasteiger partial charge >= 0.3 is 5.97 Å². The molecule has 124 valence electrons. The third-order valence-corrected chi connectivity index (χ3v) is 7.07. The van der Waals surface area contributed by atoms with Crippen LogP contribution in [0.2, 0.25) is 0 Å². The smallest absolute Gasteiger partial charge is 0.306 e. The zero-order chi connectivity index (χ0) is 15.5. The molecule has 5 nitrogen and oxygen atoms in total. The van der Waals surface area contributed by atoms with Crippen molar-refractivity contribution in [2.75, 3.05) is 13.2 Å². The van der Waals surface area contributed by atoms with Crippen LogP contribution in [0.25, 0.3) is 0 Å². The maximum atomic E-state index is 11.8. The first-order chi connectivity index (χ1) is 10.5. The van der Waals surface area contributed by atoms with Gasteiger partial charge in [0.15, 0.2) is 6.29 Å². The zero-order valence-corrected chi connectivity index (χ0v) is 13.5. The molecule has 0 aromatic heterocycles. The molecule has 22 heavy (non-hydrogen) atoms. The third kappa shape index (κ3) is 1.91. The maximum Gasteiger partial charge on any atom is 0.306 e. The van der Waals surface area contributed by atoms with Crippen LogP contribution in [0.3, 0.4) is 0 Å². The molecule has 0 radical (unpaired) electrons. The molecular formula is C17H27NO4. The Morgan fingerprint density at radius 3 is 2.82 bits per heavy atom. The molecule has 5 heteroatoms. The summed E-state index contributed by atoms with van der Waals surface area (Å²) in [5, 5.41) is 0. The van der Waals surface area contributed by atoms with E-state index in [2.05, 4.69) is 13.8 Å². The summed E-state index contributed by atoms with van der Waals surface area (Å²) < 4.78 is 17.6. The summed E-state index contributed by atoms with van der Waals surface area (Å²) >= 11 is 0. The number of nitrogens with two attached hydrogens (primary N) is 1. The number of hydrogen-bond acceptors (Lipinski definition) is 5. The van der Waals surface area contributed by atoms with E-state index in [-0.39, 0.29) is 35.3 Å². The first-order valence-corrected chi connectivity index (χ1v) is 8.64. The molecule has 4 aliphatic rings. The van der Waals surface area contributed by atoms with E-state index in [1.165, 1.54) is 0 Å². The highest BCUT2D eigenvalue weighted by molar-refractivity contribution is 5.72. The third-order valence-electron chi connectivity index (χ3n) is 7.07. The van der Waals surface area contributed by atoms with Crippen molar-refractivity contribution in [3.63, 3.8) is 0 Å². The lowest BCUT2D eigenvalue weighted by atomic mass is 9.46. The van der Waals surface area contributed by atoms with Gasteiger partial charge in [0.05, 0.1) is 19.1 Å². The topological polar surface area (TPSA) is 70.8 Å². The highest BCUT2D eigenvalue weighted by atomic mass is 16.7. The second-order valence-corrected chi connectivity index (χ2v) is 8.12. The Hall–Kier alpha value is -0.650. The molecule has 2 saturated carbocycles. The Labute approximate surface area is 131 Å². The number of rotatable bonds is 1. The summed E-state index contributed by atoms with van der Waals surface area (Å²) in [5.41, 5.74) is 5.89. The maximum absolute atomic E-state index is 11.8.